The Morgan fingerprint density at radius 1 is 1.29 bits per heavy atom. The van der Waals surface area contributed by atoms with Crippen LogP contribution in [-0.2, 0) is 0 Å². The summed E-state index contributed by atoms with van der Waals surface area (Å²) < 4.78 is 0. The molecule has 0 aromatic heterocycles. The summed E-state index contributed by atoms with van der Waals surface area (Å²) in [5.74, 6) is 2.04. The molecule has 0 radical (unpaired) electrons. The van der Waals surface area contributed by atoms with Crippen LogP contribution in [0.5, 0.6) is 0 Å². The zero-order valence-corrected chi connectivity index (χ0v) is 9.79. The normalized spacial score (nSPS) is 43.3. The lowest BCUT2D eigenvalue weighted by atomic mass is 9.77. The van der Waals surface area contributed by atoms with E-state index in [-0.39, 0.29) is 6.10 Å². The van der Waals surface area contributed by atoms with Gasteiger partial charge in [0.25, 0.3) is 0 Å². The van der Waals surface area contributed by atoms with Crippen LogP contribution in [0.1, 0.15) is 52.9 Å². The van der Waals surface area contributed by atoms with Crippen LogP contribution in [0, 0.1) is 23.2 Å². The minimum atomic E-state index is -0.00671. The van der Waals surface area contributed by atoms with E-state index in [4.69, 9.17) is 0 Å². The van der Waals surface area contributed by atoms with Gasteiger partial charge < -0.3 is 5.11 Å². The maximum Gasteiger partial charge on any atom is 0.0601 e. The summed E-state index contributed by atoms with van der Waals surface area (Å²) in [5.41, 5.74) is 0.431. The lowest BCUT2D eigenvalue weighted by molar-refractivity contribution is 0.0450. The minimum Gasteiger partial charge on any atom is -0.393 e. The Morgan fingerprint density at radius 3 is 2.43 bits per heavy atom. The van der Waals surface area contributed by atoms with E-state index in [1.54, 1.807) is 0 Å². The van der Waals surface area contributed by atoms with Gasteiger partial charge in [-0.05, 0) is 42.4 Å². The molecule has 0 heterocycles. The van der Waals surface area contributed by atoms with E-state index in [1.165, 1.54) is 32.1 Å². The van der Waals surface area contributed by atoms with Crippen LogP contribution in [0.15, 0.2) is 0 Å². The van der Waals surface area contributed by atoms with Crippen LogP contribution in [0.4, 0.5) is 0 Å². The van der Waals surface area contributed by atoms with Crippen LogP contribution < -0.4 is 0 Å². The van der Waals surface area contributed by atoms with Gasteiger partial charge >= 0.3 is 0 Å². The number of hydrogen-bond donors (Lipinski definition) is 1. The molecule has 1 N–H and O–H groups in total. The smallest absolute Gasteiger partial charge is 0.0601 e. The molecule has 1 nitrogen and oxygen atoms in total. The second-order valence-corrected chi connectivity index (χ2v) is 6.32. The van der Waals surface area contributed by atoms with Crippen LogP contribution in [0.25, 0.3) is 0 Å². The fourth-order valence-electron chi connectivity index (χ4n) is 3.21. The van der Waals surface area contributed by atoms with E-state index >= 15 is 0 Å². The number of aliphatic hydroxyl groups is 1. The monoisotopic (exact) mass is 196 g/mol. The standard InChI is InChI=1S/C13H24O/c1-9-5-4-6-10(7-9)12(14)11-8-13(11,2)3/h9-12,14H,4-8H2,1-3H3. The summed E-state index contributed by atoms with van der Waals surface area (Å²) in [5, 5.41) is 10.3. The second-order valence-electron chi connectivity index (χ2n) is 6.32. The van der Waals surface area contributed by atoms with E-state index in [0.717, 1.165) is 5.92 Å². The van der Waals surface area contributed by atoms with Gasteiger partial charge in [-0.25, -0.2) is 0 Å². The quantitative estimate of drug-likeness (QED) is 0.719. The zero-order valence-electron chi connectivity index (χ0n) is 9.79. The molecule has 0 amide bonds. The predicted molar refractivity (Wildman–Crippen MR) is 59.0 cm³/mol. The summed E-state index contributed by atoms with van der Waals surface area (Å²) >= 11 is 0. The average molecular weight is 196 g/mol. The highest BCUT2D eigenvalue weighted by Crippen LogP contribution is 2.56. The molecule has 82 valence electrons. The van der Waals surface area contributed by atoms with Gasteiger partial charge in [0.05, 0.1) is 6.10 Å². The van der Waals surface area contributed by atoms with Crippen LogP contribution in [0.3, 0.4) is 0 Å². The highest BCUT2D eigenvalue weighted by molar-refractivity contribution is 5.01. The Bertz CT molecular complexity index is 209. The molecular formula is C13H24O. The number of hydrogen-bond acceptors (Lipinski definition) is 1. The molecular weight excluding hydrogens is 172 g/mol. The molecule has 4 atom stereocenters. The molecule has 0 aromatic rings. The maximum absolute atomic E-state index is 10.3. The molecule has 0 saturated heterocycles. The Hall–Kier alpha value is -0.0400. The molecule has 2 fully saturated rings. The van der Waals surface area contributed by atoms with Crippen LogP contribution >= 0.6 is 0 Å². The average Bonchev–Trinajstić information content (AvgIpc) is 2.74. The zero-order chi connectivity index (χ0) is 10.3. The molecule has 2 saturated carbocycles. The van der Waals surface area contributed by atoms with Gasteiger partial charge in [0.1, 0.15) is 0 Å². The molecule has 0 aromatic carbocycles. The van der Waals surface area contributed by atoms with Gasteiger partial charge in [-0.3, -0.25) is 0 Å². The first kappa shape index (κ1) is 10.5. The fraction of sp³-hybridized carbons (Fsp3) is 1.00. The summed E-state index contributed by atoms with van der Waals surface area (Å²) in [7, 11) is 0. The van der Waals surface area contributed by atoms with E-state index in [0.29, 0.717) is 17.3 Å². The fourth-order valence-corrected chi connectivity index (χ4v) is 3.21. The minimum absolute atomic E-state index is 0.00671. The first-order chi connectivity index (χ1) is 6.50. The second kappa shape index (κ2) is 3.52. The molecule has 1 heteroatoms. The van der Waals surface area contributed by atoms with Crippen molar-refractivity contribution in [1.29, 1.82) is 0 Å². The van der Waals surface area contributed by atoms with Crippen molar-refractivity contribution in [2.45, 2.75) is 59.0 Å². The topological polar surface area (TPSA) is 20.2 Å². The molecule has 0 spiro atoms. The van der Waals surface area contributed by atoms with E-state index < -0.39 is 0 Å². The predicted octanol–water partition coefficient (Wildman–Crippen LogP) is 3.22. The lowest BCUT2D eigenvalue weighted by Crippen LogP contribution is -2.28. The van der Waals surface area contributed by atoms with E-state index in [1.807, 2.05) is 0 Å². The summed E-state index contributed by atoms with van der Waals surface area (Å²) in [4.78, 5) is 0. The van der Waals surface area contributed by atoms with Gasteiger partial charge in [0, 0.05) is 0 Å². The van der Waals surface area contributed by atoms with Crippen LogP contribution in [0.2, 0.25) is 0 Å². The summed E-state index contributed by atoms with van der Waals surface area (Å²) in [6, 6.07) is 0. The first-order valence-electron chi connectivity index (χ1n) is 6.19. The molecule has 4 unspecified atom stereocenters. The maximum atomic E-state index is 10.3. The highest BCUT2D eigenvalue weighted by Gasteiger charge is 2.51. The third-order valence-electron chi connectivity index (χ3n) is 4.46. The molecule has 0 aliphatic heterocycles. The number of rotatable bonds is 2. The van der Waals surface area contributed by atoms with Crippen molar-refractivity contribution in [2.75, 3.05) is 0 Å². The lowest BCUT2D eigenvalue weighted by Gasteiger charge is -2.31. The Labute approximate surface area is 87.9 Å². The summed E-state index contributed by atoms with van der Waals surface area (Å²) in [6.45, 7) is 6.90. The van der Waals surface area contributed by atoms with Gasteiger partial charge in [0.2, 0.25) is 0 Å². The van der Waals surface area contributed by atoms with Crippen molar-refractivity contribution in [3.05, 3.63) is 0 Å². The van der Waals surface area contributed by atoms with Gasteiger partial charge in [-0.1, -0.05) is 33.6 Å². The van der Waals surface area contributed by atoms with Crippen molar-refractivity contribution in [3.8, 4) is 0 Å². The largest absolute Gasteiger partial charge is 0.393 e. The van der Waals surface area contributed by atoms with Gasteiger partial charge in [-0.2, -0.15) is 0 Å². The molecule has 0 bridgehead atoms. The van der Waals surface area contributed by atoms with Crippen molar-refractivity contribution in [2.24, 2.45) is 23.2 Å². The van der Waals surface area contributed by atoms with Crippen molar-refractivity contribution in [1.82, 2.24) is 0 Å². The SMILES string of the molecule is CC1CCCC(C(O)C2CC2(C)C)C1. The van der Waals surface area contributed by atoms with Crippen molar-refractivity contribution >= 4 is 0 Å². The van der Waals surface area contributed by atoms with Gasteiger partial charge in [-0.15, -0.1) is 0 Å². The molecule has 2 aliphatic rings. The highest BCUT2D eigenvalue weighted by atomic mass is 16.3. The summed E-state index contributed by atoms with van der Waals surface area (Å²) in [6.07, 6.45) is 6.45. The Kier molecular flexibility index (Phi) is 2.63. The van der Waals surface area contributed by atoms with Crippen LogP contribution in [-0.4, -0.2) is 11.2 Å². The third kappa shape index (κ3) is 1.98. The number of aliphatic hydroxyl groups excluding tert-OH is 1. The van der Waals surface area contributed by atoms with Gasteiger partial charge in [0.15, 0.2) is 0 Å². The molecule has 2 aliphatic carbocycles. The Balaban J connectivity index is 1.88. The third-order valence-corrected chi connectivity index (χ3v) is 4.46. The molecule has 14 heavy (non-hydrogen) atoms. The Morgan fingerprint density at radius 2 is 1.93 bits per heavy atom. The van der Waals surface area contributed by atoms with Crippen molar-refractivity contribution in [3.63, 3.8) is 0 Å². The van der Waals surface area contributed by atoms with E-state index in [2.05, 4.69) is 20.8 Å². The van der Waals surface area contributed by atoms with Crippen molar-refractivity contribution < 1.29 is 5.11 Å². The molecule has 2 rings (SSSR count). The van der Waals surface area contributed by atoms with E-state index in [9.17, 15) is 5.11 Å². The first-order valence-corrected chi connectivity index (χ1v) is 6.19.